The molecule has 0 N–H and O–H groups in total. The summed E-state index contributed by atoms with van der Waals surface area (Å²) in [6.07, 6.45) is 0.640. The van der Waals surface area contributed by atoms with Gasteiger partial charge < -0.3 is 4.79 Å². The van der Waals surface area contributed by atoms with Gasteiger partial charge in [-0.15, -0.1) is 11.6 Å². The van der Waals surface area contributed by atoms with Gasteiger partial charge in [0.1, 0.15) is 11.7 Å². The molecule has 64 valence electrons. The van der Waals surface area contributed by atoms with Gasteiger partial charge in [-0.25, -0.2) is 0 Å². The average Bonchev–Trinajstić information content (AvgIpc) is 2.08. The van der Waals surface area contributed by atoms with E-state index in [1.54, 1.807) is 18.2 Å². The third-order valence-electron chi connectivity index (χ3n) is 1.38. The topological polar surface area (TPSA) is 17.1 Å². The van der Waals surface area contributed by atoms with Crippen LogP contribution in [-0.2, 0) is 4.79 Å². The molecule has 4 heteroatoms. The highest BCUT2D eigenvalue weighted by atomic mass is 35.5. The highest BCUT2D eigenvalue weighted by Crippen LogP contribution is 2.27. The number of aldehydes is 1. The Labute approximate surface area is 85.2 Å². The summed E-state index contributed by atoms with van der Waals surface area (Å²) < 4.78 is 0. The fourth-order valence-corrected chi connectivity index (χ4v) is 1.20. The van der Waals surface area contributed by atoms with E-state index in [2.05, 4.69) is 0 Å². The van der Waals surface area contributed by atoms with Crippen LogP contribution < -0.4 is 0 Å². The number of alkyl halides is 1. The Morgan fingerprint density at radius 3 is 2.42 bits per heavy atom. The third kappa shape index (κ3) is 2.13. The Balaban J connectivity index is 3.04. The van der Waals surface area contributed by atoms with Crippen molar-refractivity contribution in [1.82, 2.24) is 0 Å². The second kappa shape index (κ2) is 4.13. The van der Waals surface area contributed by atoms with Crippen LogP contribution in [0.3, 0.4) is 0 Å². The van der Waals surface area contributed by atoms with E-state index in [1.807, 2.05) is 0 Å². The zero-order chi connectivity index (χ0) is 9.14. The van der Waals surface area contributed by atoms with Crippen LogP contribution in [-0.4, -0.2) is 6.29 Å². The molecule has 0 radical (unpaired) electrons. The number of rotatable bonds is 2. The molecule has 0 bridgehead atoms. The van der Waals surface area contributed by atoms with E-state index in [4.69, 9.17) is 34.8 Å². The summed E-state index contributed by atoms with van der Waals surface area (Å²) in [6, 6.07) is 4.86. The fraction of sp³-hybridized carbons (Fsp3) is 0.125. The zero-order valence-electron chi connectivity index (χ0n) is 5.93. The maximum atomic E-state index is 10.3. The lowest BCUT2D eigenvalue weighted by Gasteiger charge is -2.02. The first-order valence-electron chi connectivity index (χ1n) is 3.19. The van der Waals surface area contributed by atoms with Crippen molar-refractivity contribution in [3.8, 4) is 0 Å². The van der Waals surface area contributed by atoms with Crippen LogP contribution in [0, 0.1) is 0 Å². The minimum absolute atomic E-state index is 0.404. The fourth-order valence-electron chi connectivity index (χ4n) is 0.762. The van der Waals surface area contributed by atoms with Gasteiger partial charge in [-0.05, 0) is 17.7 Å². The monoisotopic (exact) mass is 222 g/mol. The minimum atomic E-state index is -0.653. The first-order valence-corrected chi connectivity index (χ1v) is 4.38. The van der Waals surface area contributed by atoms with Crippen LogP contribution in [0.15, 0.2) is 18.2 Å². The molecule has 0 aliphatic rings. The molecule has 1 aromatic carbocycles. The van der Waals surface area contributed by atoms with Crippen molar-refractivity contribution in [3.63, 3.8) is 0 Å². The SMILES string of the molecule is O=CC(Cl)c1ccc(Cl)c(Cl)c1. The van der Waals surface area contributed by atoms with Crippen LogP contribution in [0.2, 0.25) is 10.0 Å². The van der Waals surface area contributed by atoms with Crippen LogP contribution in [0.4, 0.5) is 0 Å². The Hall–Kier alpha value is -0.240. The standard InChI is InChI=1S/C8H5Cl3O/c9-6-2-1-5(3-7(6)10)8(11)4-12/h1-4,8H. The Kier molecular flexibility index (Phi) is 3.39. The van der Waals surface area contributed by atoms with Gasteiger partial charge in [0.05, 0.1) is 10.0 Å². The lowest BCUT2D eigenvalue weighted by molar-refractivity contribution is -0.107. The summed E-state index contributed by atoms with van der Waals surface area (Å²) in [5.41, 5.74) is 0.654. The molecule has 0 spiro atoms. The highest BCUT2D eigenvalue weighted by Gasteiger charge is 2.07. The number of hydrogen-bond acceptors (Lipinski definition) is 1. The number of carbonyl (C=O) groups excluding carboxylic acids is 1. The van der Waals surface area contributed by atoms with E-state index < -0.39 is 5.38 Å². The number of carbonyl (C=O) groups is 1. The van der Waals surface area contributed by atoms with E-state index in [1.165, 1.54) is 0 Å². The van der Waals surface area contributed by atoms with Crippen molar-refractivity contribution in [3.05, 3.63) is 33.8 Å². The van der Waals surface area contributed by atoms with Gasteiger partial charge >= 0.3 is 0 Å². The quantitative estimate of drug-likeness (QED) is 0.554. The molecule has 0 heterocycles. The van der Waals surface area contributed by atoms with E-state index in [9.17, 15) is 4.79 Å². The molecule has 1 atom stereocenters. The maximum Gasteiger partial charge on any atom is 0.142 e. The molecule has 0 aromatic heterocycles. The van der Waals surface area contributed by atoms with Crippen molar-refractivity contribution in [2.45, 2.75) is 5.38 Å². The first kappa shape index (κ1) is 9.85. The van der Waals surface area contributed by atoms with Gasteiger partial charge in [0.25, 0.3) is 0 Å². The first-order chi connectivity index (χ1) is 5.65. The van der Waals surface area contributed by atoms with E-state index in [0.29, 0.717) is 21.9 Å². The molecule has 1 rings (SSSR count). The molecule has 12 heavy (non-hydrogen) atoms. The van der Waals surface area contributed by atoms with Crippen molar-refractivity contribution in [2.24, 2.45) is 0 Å². The number of hydrogen-bond donors (Lipinski definition) is 0. The van der Waals surface area contributed by atoms with Crippen LogP contribution in [0.25, 0.3) is 0 Å². The number of benzene rings is 1. The molecular formula is C8H5Cl3O. The largest absolute Gasteiger partial charge is 0.301 e. The molecular weight excluding hydrogens is 218 g/mol. The van der Waals surface area contributed by atoms with Crippen LogP contribution >= 0.6 is 34.8 Å². The van der Waals surface area contributed by atoms with Crippen LogP contribution in [0.1, 0.15) is 10.9 Å². The Morgan fingerprint density at radius 1 is 1.25 bits per heavy atom. The van der Waals surface area contributed by atoms with E-state index >= 15 is 0 Å². The summed E-state index contributed by atoms with van der Waals surface area (Å²) in [5, 5.41) is 0.205. The minimum Gasteiger partial charge on any atom is -0.301 e. The normalized spacial score (nSPS) is 12.6. The van der Waals surface area contributed by atoms with Crippen molar-refractivity contribution >= 4 is 41.1 Å². The molecule has 1 unspecified atom stereocenters. The van der Waals surface area contributed by atoms with Gasteiger partial charge in [0.2, 0.25) is 0 Å². The van der Waals surface area contributed by atoms with Crippen molar-refractivity contribution < 1.29 is 4.79 Å². The summed E-state index contributed by atoms with van der Waals surface area (Å²) >= 11 is 17.0. The summed E-state index contributed by atoms with van der Waals surface area (Å²) in [6.45, 7) is 0. The summed E-state index contributed by atoms with van der Waals surface area (Å²) in [4.78, 5) is 10.3. The molecule has 0 aliphatic carbocycles. The van der Waals surface area contributed by atoms with Crippen molar-refractivity contribution in [2.75, 3.05) is 0 Å². The zero-order valence-corrected chi connectivity index (χ0v) is 8.20. The lowest BCUT2D eigenvalue weighted by atomic mass is 10.2. The molecule has 1 aromatic rings. The molecule has 0 saturated heterocycles. The van der Waals surface area contributed by atoms with Gasteiger partial charge in [-0.1, -0.05) is 29.3 Å². The molecule has 0 aliphatic heterocycles. The van der Waals surface area contributed by atoms with Gasteiger partial charge in [0, 0.05) is 0 Å². The van der Waals surface area contributed by atoms with Gasteiger partial charge in [0.15, 0.2) is 0 Å². The molecule has 0 amide bonds. The Morgan fingerprint density at radius 2 is 1.92 bits per heavy atom. The summed E-state index contributed by atoms with van der Waals surface area (Å²) in [7, 11) is 0. The predicted molar refractivity (Wildman–Crippen MR) is 51.1 cm³/mol. The second-order valence-corrected chi connectivity index (χ2v) is 3.50. The average molecular weight is 223 g/mol. The van der Waals surface area contributed by atoms with Crippen LogP contribution in [0.5, 0.6) is 0 Å². The number of halogens is 3. The van der Waals surface area contributed by atoms with E-state index in [0.717, 1.165) is 0 Å². The molecule has 1 nitrogen and oxygen atoms in total. The second-order valence-electron chi connectivity index (χ2n) is 2.21. The van der Waals surface area contributed by atoms with Gasteiger partial charge in [-0.2, -0.15) is 0 Å². The third-order valence-corrected chi connectivity index (χ3v) is 2.48. The molecule has 0 saturated carbocycles. The predicted octanol–water partition coefficient (Wildman–Crippen LogP) is 3.47. The Bertz CT molecular complexity index is 298. The summed E-state index contributed by atoms with van der Waals surface area (Å²) in [5.74, 6) is 0. The van der Waals surface area contributed by atoms with Crippen molar-refractivity contribution in [1.29, 1.82) is 0 Å². The highest BCUT2D eigenvalue weighted by molar-refractivity contribution is 6.42. The van der Waals surface area contributed by atoms with E-state index in [-0.39, 0.29) is 0 Å². The molecule has 0 fully saturated rings. The lowest BCUT2D eigenvalue weighted by Crippen LogP contribution is -1.90. The van der Waals surface area contributed by atoms with Gasteiger partial charge in [-0.3, -0.25) is 0 Å². The smallest absolute Gasteiger partial charge is 0.142 e. The maximum absolute atomic E-state index is 10.3.